The standard InChI is InChI=1S/C11H15NO2/c1-8(7-10(12)11(13)14)9-5-3-2-4-6-9/h2-6,8,10H,7,12H2,1H3,(H,13,14)/t8-,10-/m1/s1. The number of rotatable bonds is 4. The molecule has 2 atom stereocenters. The maximum atomic E-state index is 10.5. The molecule has 76 valence electrons. The topological polar surface area (TPSA) is 63.3 Å². The summed E-state index contributed by atoms with van der Waals surface area (Å²) in [5, 5.41) is 8.65. The van der Waals surface area contributed by atoms with Gasteiger partial charge in [-0.15, -0.1) is 0 Å². The van der Waals surface area contributed by atoms with E-state index in [0.29, 0.717) is 6.42 Å². The average molecular weight is 193 g/mol. The van der Waals surface area contributed by atoms with Crippen molar-refractivity contribution in [2.75, 3.05) is 0 Å². The number of benzene rings is 1. The first kappa shape index (κ1) is 10.7. The fourth-order valence-electron chi connectivity index (χ4n) is 1.40. The zero-order valence-electron chi connectivity index (χ0n) is 8.18. The van der Waals surface area contributed by atoms with Crippen LogP contribution >= 0.6 is 0 Å². The molecule has 0 fully saturated rings. The lowest BCUT2D eigenvalue weighted by Gasteiger charge is -2.14. The van der Waals surface area contributed by atoms with Gasteiger partial charge in [-0.1, -0.05) is 37.3 Å². The number of aliphatic carboxylic acids is 1. The summed E-state index contributed by atoms with van der Waals surface area (Å²) < 4.78 is 0. The van der Waals surface area contributed by atoms with E-state index in [2.05, 4.69) is 0 Å². The largest absolute Gasteiger partial charge is 0.480 e. The van der Waals surface area contributed by atoms with Crippen LogP contribution in [0.25, 0.3) is 0 Å². The molecule has 0 bridgehead atoms. The number of carboxylic acid groups (broad SMARTS) is 1. The monoisotopic (exact) mass is 193 g/mol. The molecule has 0 aliphatic rings. The van der Waals surface area contributed by atoms with Gasteiger partial charge in [-0.2, -0.15) is 0 Å². The van der Waals surface area contributed by atoms with Crippen molar-refractivity contribution in [3.63, 3.8) is 0 Å². The van der Waals surface area contributed by atoms with E-state index in [1.807, 2.05) is 37.3 Å². The Balaban J connectivity index is 2.59. The van der Waals surface area contributed by atoms with E-state index in [9.17, 15) is 4.79 Å². The van der Waals surface area contributed by atoms with E-state index in [1.54, 1.807) is 0 Å². The predicted octanol–water partition coefficient (Wildman–Crippen LogP) is 1.59. The van der Waals surface area contributed by atoms with Crippen LogP contribution in [0.2, 0.25) is 0 Å². The number of hydrogen-bond donors (Lipinski definition) is 2. The van der Waals surface area contributed by atoms with Crippen LogP contribution in [0.3, 0.4) is 0 Å². The third-order valence-corrected chi connectivity index (χ3v) is 2.29. The number of carboxylic acids is 1. The van der Waals surface area contributed by atoms with Gasteiger partial charge in [0.1, 0.15) is 6.04 Å². The molecule has 3 nitrogen and oxygen atoms in total. The normalized spacial score (nSPS) is 14.7. The van der Waals surface area contributed by atoms with Crippen molar-refractivity contribution in [2.24, 2.45) is 5.73 Å². The highest BCUT2D eigenvalue weighted by atomic mass is 16.4. The third-order valence-electron chi connectivity index (χ3n) is 2.29. The van der Waals surface area contributed by atoms with Crippen LogP contribution in [0.4, 0.5) is 0 Å². The maximum absolute atomic E-state index is 10.5. The molecule has 0 aliphatic carbocycles. The summed E-state index contributed by atoms with van der Waals surface area (Å²) >= 11 is 0. The fraction of sp³-hybridized carbons (Fsp3) is 0.364. The van der Waals surface area contributed by atoms with Gasteiger partial charge < -0.3 is 10.8 Å². The molecule has 0 radical (unpaired) electrons. The third kappa shape index (κ3) is 2.85. The molecule has 0 heterocycles. The van der Waals surface area contributed by atoms with E-state index in [4.69, 9.17) is 10.8 Å². The van der Waals surface area contributed by atoms with Crippen molar-refractivity contribution in [3.8, 4) is 0 Å². The first-order valence-electron chi connectivity index (χ1n) is 4.64. The lowest BCUT2D eigenvalue weighted by molar-refractivity contribution is -0.138. The van der Waals surface area contributed by atoms with Crippen LogP contribution < -0.4 is 5.73 Å². The Hall–Kier alpha value is -1.35. The molecule has 1 rings (SSSR count). The van der Waals surface area contributed by atoms with Crippen molar-refractivity contribution in [2.45, 2.75) is 25.3 Å². The molecule has 0 aromatic heterocycles. The lowest BCUT2D eigenvalue weighted by Crippen LogP contribution is -2.31. The summed E-state index contributed by atoms with van der Waals surface area (Å²) in [7, 11) is 0. The minimum atomic E-state index is -0.937. The number of carbonyl (C=O) groups is 1. The predicted molar refractivity (Wildman–Crippen MR) is 55.1 cm³/mol. The Labute approximate surface area is 83.6 Å². The van der Waals surface area contributed by atoms with Crippen LogP contribution in [0.15, 0.2) is 30.3 Å². The Bertz CT molecular complexity index is 297. The average Bonchev–Trinajstić information content (AvgIpc) is 2.19. The van der Waals surface area contributed by atoms with Crippen molar-refractivity contribution in [3.05, 3.63) is 35.9 Å². The molecule has 0 saturated heterocycles. The number of nitrogens with two attached hydrogens (primary N) is 1. The van der Waals surface area contributed by atoms with Crippen molar-refractivity contribution in [1.82, 2.24) is 0 Å². The van der Waals surface area contributed by atoms with E-state index in [1.165, 1.54) is 0 Å². The van der Waals surface area contributed by atoms with Gasteiger partial charge in [0.15, 0.2) is 0 Å². The van der Waals surface area contributed by atoms with Crippen molar-refractivity contribution >= 4 is 5.97 Å². The second kappa shape index (κ2) is 4.77. The molecule has 0 amide bonds. The first-order valence-corrected chi connectivity index (χ1v) is 4.64. The van der Waals surface area contributed by atoms with Crippen molar-refractivity contribution < 1.29 is 9.90 Å². The Kier molecular flexibility index (Phi) is 3.65. The molecule has 0 unspecified atom stereocenters. The van der Waals surface area contributed by atoms with Crippen LogP contribution in [0.5, 0.6) is 0 Å². The fourth-order valence-corrected chi connectivity index (χ4v) is 1.40. The zero-order chi connectivity index (χ0) is 10.6. The van der Waals surface area contributed by atoms with E-state index in [-0.39, 0.29) is 5.92 Å². The van der Waals surface area contributed by atoms with Gasteiger partial charge in [0.05, 0.1) is 0 Å². The van der Waals surface area contributed by atoms with Crippen LogP contribution in [-0.4, -0.2) is 17.1 Å². The summed E-state index contributed by atoms with van der Waals surface area (Å²) in [5.41, 5.74) is 6.58. The maximum Gasteiger partial charge on any atom is 0.320 e. The molecule has 0 aliphatic heterocycles. The minimum absolute atomic E-state index is 0.183. The summed E-state index contributed by atoms with van der Waals surface area (Å²) in [6, 6.07) is 9.02. The molecule has 1 aromatic carbocycles. The smallest absolute Gasteiger partial charge is 0.320 e. The molecular formula is C11H15NO2. The van der Waals surface area contributed by atoms with Gasteiger partial charge in [0, 0.05) is 0 Å². The van der Waals surface area contributed by atoms with Crippen LogP contribution in [-0.2, 0) is 4.79 Å². The molecule has 0 spiro atoms. The second-order valence-electron chi connectivity index (χ2n) is 3.49. The molecule has 0 saturated carbocycles. The van der Waals surface area contributed by atoms with Gasteiger partial charge in [0.2, 0.25) is 0 Å². The van der Waals surface area contributed by atoms with Gasteiger partial charge in [-0.05, 0) is 17.9 Å². The minimum Gasteiger partial charge on any atom is -0.480 e. The van der Waals surface area contributed by atoms with Crippen LogP contribution in [0.1, 0.15) is 24.8 Å². The molecule has 1 aromatic rings. The van der Waals surface area contributed by atoms with Gasteiger partial charge >= 0.3 is 5.97 Å². The van der Waals surface area contributed by atoms with Gasteiger partial charge in [-0.25, -0.2) is 0 Å². The molecule has 14 heavy (non-hydrogen) atoms. The summed E-state index contributed by atoms with van der Waals surface area (Å²) in [6.45, 7) is 1.98. The number of hydrogen-bond acceptors (Lipinski definition) is 2. The Morgan fingerprint density at radius 3 is 2.50 bits per heavy atom. The highest BCUT2D eigenvalue weighted by Crippen LogP contribution is 2.19. The second-order valence-corrected chi connectivity index (χ2v) is 3.49. The first-order chi connectivity index (χ1) is 6.61. The lowest BCUT2D eigenvalue weighted by atomic mass is 9.94. The quantitative estimate of drug-likeness (QED) is 0.763. The van der Waals surface area contributed by atoms with Gasteiger partial charge in [0.25, 0.3) is 0 Å². The zero-order valence-corrected chi connectivity index (χ0v) is 8.18. The molecule has 3 heteroatoms. The van der Waals surface area contributed by atoms with E-state index >= 15 is 0 Å². The van der Waals surface area contributed by atoms with E-state index < -0.39 is 12.0 Å². The Morgan fingerprint density at radius 2 is 2.00 bits per heavy atom. The summed E-state index contributed by atoms with van der Waals surface area (Å²) in [5.74, 6) is -0.755. The SMILES string of the molecule is C[C@H](C[C@@H](N)C(=O)O)c1ccccc1. The van der Waals surface area contributed by atoms with E-state index in [0.717, 1.165) is 5.56 Å². The molecule has 3 N–H and O–H groups in total. The Morgan fingerprint density at radius 1 is 1.43 bits per heavy atom. The van der Waals surface area contributed by atoms with Crippen molar-refractivity contribution in [1.29, 1.82) is 0 Å². The molecular weight excluding hydrogens is 178 g/mol. The van der Waals surface area contributed by atoms with Crippen LogP contribution in [0, 0.1) is 0 Å². The summed E-state index contributed by atoms with van der Waals surface area (Å²) in [4.78, 5) is 10.5. The highest BCUT2D eigenvalue weighted by molar-refractivity contribution is 5.73. The van der Waals surface area contributed by atoms with Gasteiger partial charge in [-0.3, -0.25) is 4.79 Å². The summed E-state index contributed by atoms with van der Waals surface area (Å²) in [6.07, 6.45) is 0.472. The highest BCUT2D eigenvalue weighted by Gasteiger charge is 2.16.